The summed E-state index contributed by atoms with van der Waals surface area (Å²) in [5.41, 5.74) is 3.88. The van der Waals surface area contributed by atoms with Crippen LogP contribution in [-0.2, 0) is 0 Å². The highest BCUT2D eigenvalue weighted by Crippen LogP contribution is 2.33. The van der Waals surface area contributed by atoms with Crippen LogP contribution in [0.5, 0.6) is 11.5 Å². The maximum Gasteiger partial charge on any atom is 0.271 e. The van der Waals surface area contributed by atoms with Crippen molar-refractivity contribution < 1.29 is 14.3 Å². The lowest BCUT2D eigenvalue weighted by molar-refractivity contribution is 0.0955. The largest absolute Gasteiger partial charge is 0.490 e. The van der Waals surface area contributed by atoms with E-state index >= 15 is 0 Å². The van der Waals surface area contributed by atoms with E-state index in [1.807, 2.05) is 31.2 Å². The minimum atomic E-state index is -0.261. The molecule has 7 heteroatoms. The molecule has 2 aromatic carbocycles. The number of halogens is 2. The summed E-state index contributed by atoms with van der Waals surface area (Å²) in [5, 5.41) is 4.03. The van der Waals surface area contributed by atoms with E-state index in [0.717, 1.165) is 12.7 Å². The zero-order valence-electron chi connectivity index (χ0n) is 14.2. The monoisotopic (exact) mass is 576 g/mol. The number of carbonyl (C=O) groups is 1. The van der Waals surface area contributed by atoms with E-state index in [1.165, 1.54) is 0 Å². The van der Waals surface area contributed by atoms with Crippen molar-refractivity contribution >= 4 is 57.3 Å². The van der Waals surface area contributed by atoms with Gasteiger partial charge in [-0.1, -0.05) is 12.7 Å². The van der Waals surface area contributed by atoms with Gasteiger partial charge in [-0.15, -0.1) is 0 Å². The number of hydrogen-bond acceptors (Lipinski definition) is 4. The third-order valence-electron chi connectivity index (χ3n) is 3.16. The van der Waals surface area contributed by atoms with Crippen LogP contribution in [0, 0.1) is 7.14 Å². The molecular weight excluding hydrogens is 558 g/mol. The molecule has 0 spiro atoms. The summed E-state index contributed by atoms with van der Waals surface area (Å²) in [5.74, 6) is 1.04. The average Bonchev–Trinajstić information content (AvgIpc) is 2.62. The molecule has 0 unspecified atom stereocenters. The first-order valence-corrected chi connectivity index (χ1v) is 10.00. The number of rotatable bonds is 8. The number of benzene rings is 2. The molecule has 2 rings (SSSR count). The summed E-state index contributed by atoms with van der Waals surface area (Å²) in [6.45, 7) is 6.48. The molecule has 2 aromatic rings. The molecule has 0 saturated carbocycles. The Morgan fingerprint density at radius 3 is 2.62 bits per heavy atom. The van der Waals surface area contributed by atoms with Crippen molar-refractivity contribution in [1.29, 1.82) is 0 Å². The lowest BCUT2D eigenvalue weighted by atomic mass is 10.2. The van der Waals surface area contributed by atoms with Crippen molar-refractivity contribution in [3.05, 3.63) is 67.3 Å². The van der Waals surface area contributed by atoms with Crippen LogP contribution in [0.1, 0.15) is 22.8 Å². The fourth-order valence-corrected chi connectivity index (χ4v) is 3.18. The fourth-order valence-electron chi connectivity index (χ4n) is 2.04. The van der Waals surface area contributed by atoms with Crippen molar-refractivity contribution in [3.8, 4) is 11.5 Å². The molecule has 1 N–H and O–H groups in total. The molecule has 0 saturated heterocycles. The molecule has 0 heterocycles. The molecular formula is C19H18I2N2O3. The van der Waals surface area contributed by atoms with Gasteiger partial charge in [0.15, 0.2) is 11.5 Å². The zero-order chi connectivity index (χ0) is 18.9. The minimum absolute atomic E-state index is 0.261. The number of nitrogens with one attached hydrogen (secondary N) is 1. The summed E-state index contributed by atoms with van der Waals surface area (Å²) < 4.78 is 13.3. The van der Waals surface area contributed by atoms with Crippen LogP contribution in [-0.4, -0.2) is 25.3 Å². The molecule has 0 fully saturated rings. The fraction of sp³-hybridized carbons (Fsp3) is 0.158. The van der Waals surface area contributed by atoms with Gasteiger partial charge in [0.1, 0.15) is 6.61 Å². The first kappa shape index (κ1) is 20.7. The highest BCUT2D eigenvalue weighted by atomic mass is 127. The van der Waals surface area contributed by atoms with Crippen LogP contribution in [0.3, 0.4) is 0 Å². The van der Waals surface area contributed by atoms with Gasteiger partial charge in [0.25, 0.3) is 5.91 Å². The first-order valence-electron chi connectivity index (χ1n) is 7.84. The van der Waals surface area contributed by atoms with Gasteiger partial charge in [0, 0.05) is 9.13 Å². The topological polar surface area (TPSA) is 59.9 Å². The molecule has 0 aliphatic carbocycles. The average molecular weight is 576 g/mol. The second kappa shape index (κ2) is 10.5. The second-order valence-electron chi connectivity index (χ2n) is 5.07. The summed E-state index contributed by atoms with van der Waals surface area (Å²) >= 11 is 4.37. The normalized spacial score (nSPS) is 10.6. The van der Waals surface area contributed by atoms with Gasteiger partial charge in [-0.2, -0.15) is 5.10 Å². The first-order chi connectivity index (χ1) is 12.5. The van der Waals surface area contributed by atoms with E-state index in [0.29, 0.717) is 30.3 Å². The number of ether oxygens (including phenoxy) is 2. The summed E-state index contributed by atoms with van der Waals surface area (Å²) in [6.07, 6.45) is 3.26. The van der Waals surface area contributed by atoms with Gasteiger partial charge in [-0.05, 0) is 94.1 Å². The molecule has 0 atom stereocenters. The molecule has 0 bridgehead atoms. The third-order valence-corrected chi connectivity index (χ3v) is 4.68. The lowest BCUT2D eigenvalue weighted by Crippen LogP contribution is -2.17. The van der Waals surface area contributed by atoms with Crippen LogP contribution in [0.4, 0.5) is 0 Å². The molecule has 1 amide bonds. The highest BCUT2D eigenvalue weighted by molar-refractivity contribution is 14.1. The number of carbonyl (C=O) groups excluding carboxylic acids is 1. The van der Waals surface area contributed by atoms with Crippen molar-refractivity contribution in [3.63, 3.8) is 0 Å². The van der Waals surface area contributed by atoms with Crippen molar-refractivity contribution in [2.75, 3.05) is 13.2 Å². The maximum absolute atomic E-state index is 12.1. The standard InChI is InChI=1S/C19H18I2N2O3/c1-3-9-26-18-16(21)10-13(11-17(18)25-4-2)12-22-23-19(24)14-5-7-15(20)8-6-14/h3,5-8,10-12H,1,4,9H2,2H3,(H,23,24)/b22-12-. The summed E-state index contributed by atoms with van der Waals surface area (Å²) in [6, 6.07) is 11.0. The third kappa shape index (κ3) is 5.97. The Balaban J connectivity index is 2.12. The van der Waals surface area contributed by atoms with Crippen LogP contribution in [0.15, 0.2) is 54.2 Å². The van der Waals surface area contributed by atoms with Gasteiger partial charge < -0.3 is 9.47 Å². The van der Waals surface area contributed by atoms with E-state index < -0.39 is 0 Å². The molecule has 136 valence electrons. The summed E-state index contributed by atoms with van der Waals surface area (Å²) in [7, 11) is 0. The Hall–Kier alpha value is -1.62. The lowest BCUT2D eigenvalue weighted by Gasteiger charge is -2.13. The van der Waals surface area contributed by atoms with Gasteiger partial charge in [0.2, 0.25) is 0 Å². The minimum Gasteiger partial charge on any atom is -0.490 e. The van der Waals surface area contributed by atoms with Crippen LogP contribution >= 0.6 is 45.2 Å². The van der Waals surface area contributed by atoms with Crippen molar-refractivity contribution in [1.82, 2.24) is 5.43 Å². The van der Waals surface area contributed by atoms with Gasteiger partial charge in [-0.3, -0.25) is 4.79 Å². The van der Waals surface area contributed by atoms with E-state index in [9.17, 15) is 4.79 Å². The predicted octanol–water partition coefficient (Wildman–Crippen LogP) is 4.62. The van der Waals surface area contributed by atoms with Crippen LogP contribution in [0.2, 0.25) is 0 Å². The molecule has 0 aromatic heterocycles. The Morgan fingerprint density at radius 2 is 1.96 bits per heavy atom. The molecule has 0 radical (unpaired) electrons. The second-order valence-corrected chi connectivity index (χ2v) is 7.48. The highest BCUT2D eigenvalue weighted by Gasteiger charge is 2.11. The molecule has 0 aliphatic rings. The van der Waals surface area contributed by atoms with Crippen LogP contribution in [0.25, 0.3) is 0 Å². The molecule has 5 nitrogen and oxygen atoms in total. The number of nitrogens with zero attached hydrogens (tertiary/aromatic N) is 1. The van der Waals surface area contributed by atoms with Gasteiger partial charge in [0.05, 0.1) is 16.4 Å². The number of hydrogen-bond donors (Lipinski definition) is 1. The maximum atomic E-state index is 12.1. The predicted molar refractivity (Wildman–Crippen MR) is 120 cm³/mol. The molecule has 0 aliphatic heterocycles. The smallest absolute Gasteiger partial charge is 0.271 e. The van der Waals surface area contributed by atoms with E-state index in [-0.39, 0.29) is 5.91 Å². The van der Waals surface area contributed by atoms with Gasteiger partial charge in [-0.25, -0.2) is 5.43 Å². The van der Waals surface area contributed by atoms with Crippen molar-refractivity contribution in [2.24, 2.45) is 5.10 Å². The molecule has 26 heavy (non-hydrogen) atoms. The Kier molecular flexibility index (Phi) is 8.36. The Morgan fingerprint density at radius 1 is 1.23 bits per heavy atom. The Bertz CT molecular complexity index is 805. The van der Waals surface area contributed by atoms with Gasteiger partial charge >= 0.3 is 0 Å². The van der Waals surface area contributed by atoms with E-state index in [1.54, 1.807) is 24.4 Å². The SMILES string of the molecule is C=CCOc1c(I)cc(/C=N\NC(=O)c2ccc(I)cc2)cc1OCC. The number of amides is 1. The Labute approximate surface area is 180 Å². The number of hydrazone groups is 1. The summed E-state index contributed by atoms with van der Waals surface area (Å²) in [4.78, 5) is 12.1. The van der Waals surface area contributed by atoms with E-state index in [4.69, 9.17) is 9.47 Å². The quantitative estimate of drug-likeness (QED) is 0.216. The van der Waals surface area contributed by atoms with E-state index in [2.05, 4.69) is 62.3 Å². The van der Waals surface area contributed by atoms with Crippen LogP contribution < -0.4 is 14.9 Å². The zero-order valence-corrected chi connectivity index (χ0v) is 18.5. The van der Waals surface area contributed by atoms with Crippen molar-refractivity contribution in [2.45, 2.75) is 6.92 Å².